The largest absolute Gasteiger partial charge is 0.327 e. The first-order chi connectivity index (χ1) is 13.1. The van der Waals surface area contributed by atoms with Gasteiger partial charge >= 0.3 is 6.03 Å². The fourth-order valence-electron chi connectivity index (χ4n) is 3.83. The molecule has 1 aromatic carbocycles. The topological polar surface area (TPSA) is 65.5 Å². The van der Waals surface area contributed by atoms with Crippen molar-refractivity contribution in [3.63, 3.8) is 0 Å². The molecule has 140 valence electrons. The summed E-state index contributed by atoms with van der Waals surface area (Å²) in [4.78, 5) is 33.3. The van der Waals surface area contributed by atoms with Gasteiger partial charge in [-0.25, -0.2) is 9.18 Å². The van der Waals surface area contributed by atoms with Crippen LogP contribution in [0, 0.1) is 5.82 Å². The van der Waals surface area contributed by atoms with Crippen LogP contribution >= 0.6 is 0 Å². The van der Waals surface area contributed by atoms with E-state index >= 15 is 0 Å². The minimum absolute atomic E-state index is 0.128. The fourth-order valence-corrected chi connectivity index (χ4v) is 3.83. The molecule has 2 saturated heterocycles. The van der Waals surface area contributed by atoms with Crippen molar-refractivity contribution >= 4 is 11.9 Å². The number of imide groups is 1. The third-order valence-corrected chi connectivity index (χ3v) is 5.12. The van der Waals surface area contributed by atoms with E-state index in [-0.39, 0.29) is 36.9 Å². The van der Waals surface area contributed by atoms with Crippen LogP contribution in [-0.4, -0.2) is 45.4 Å². The normalized spacial score (nSPS) is 22.7. The fraction of sp³-hybridized carbons (Fsp3) is 0.350. The number of amides is 3. The highest BCUT2D eigenvalue weighted by molar-refractivity contribution is 6.00. The van der Waals surface area contributed by atoms with Gasteiger partial charge in [0.05, 0.1) is 18.3 Å². The number of hydrogen-bond acceptors (Lipinski definition) is 4. The number of fused-ring (bicyclic) bond motifs is 1. The van der Waals surface area contributed by atoms with Crippen LogP contribution in [0.25, 0.3) is 0 Å². The van der Waals surface area contributed by atoms with E-state index in [1.165, 1.54) is 17.0 Å². The molecule has 0 saturated carbocycles. The Morgan fingerprint density at radius 2 is 2.04 bits per heavy atom. The number of urea groups is 1. The number of carbonyl (C=O) groups excluding carboxylic acids is 2. The summed E-state index contributed by atoms with van der Waals surface area (Å²) in [5.41, 5.74) is 1.36. The van der Waals surface area contributed by atoms with Crippen molar-refractivity contribution in [2.75, 3.05) is 6.54 Å². The van der Waals surface area contributed by atoms with Crippen LogP contribution in [0.1, 0.15) is 24.1 Å². The maximum atomic E-state index is 13.6. The molecule has 0 aliphatic carbocycles. The van der Waals surface area contributed by atoms with Crippen molar-refractivity contribution in [2.45, 2.75) is 38.0 Å². The number of nitrogens with one attached hydrogen (secondary N) is 1. The summed E-state index contributed by atoms with van der Waals surface area (Å²) in [7, 11) is 0. The standard InChI is InChI=1S/C20H21FN4O2/c21-15-6-3-5-14(11-15)12-24-17-8-4-10-23-18(17)19(26)25(20(24)27)13-16-7-1-2-9-22-16/h1-3,5-7,9,11,17-18,23H,4,8,10,12-13H2. The van der Waals surface area contributed by atoms with Crippen LogP contribution in [0.4, 0.5) is 9.18 Å². The van der Waals surface area contributed by atoms with E-state index in [9.17, 15) is 14.0 Å². The van der Waals surface area contributed by atoms with Gasteiger partial charge in [-0.05, 0) is 49.2 Å². The van der Waals surface area contributed by atoms with Gasteiger partial charge < -0.3 is 10.2 Å². The number of pyridine rings is 1. The molecule has 2 aliphatic rings. The Morgan fingerprint density at radius 1 is 1.15 bits per heavy atom. The van der Waals surface area contributed by atoms with E-state index in [0.29, 0.717) is 11.3 Å². The lowest BCUT2D eigenvalue weighted by Crippen LogP contribution is -2.68. The van der Waals surface area contributed by atoms with E-state index in [0.717, 1.165) is 19.4 Å². The average molecular weight is 368 g/mol. The predicted molar refractivity (Wildman–Crippen MR) is 96.9 cm³/mol. The smallest absolute Gasteiger partial charge is 0.315 e. The molecule has 6 nitrogen and oxygen atoms in total. The summed E-state index contributed by atoms with van der Waals surface area (Å²) < 4.78 is 13.6. The zero-order valence-corrected chi connectivity index (χ0v) is 14.8. The molecule has 0 spiro atoms. The molecule has 0 bridgehead atoms. The number of aromatic nitrogens is 1. The van der Waals surface area contributed by atoms with Crippen molar-refractivity contribution in [3.05, 3.63) is 65.7 Å². The SMILES string of the molecule is O=C1C2NCCCC2N(Cc2cccc(F)c2)C(=O)N1Cc1ccccn1. The molecule has 27 heavy (non-hydrogen) atoms. The Hall–Kier alpha value is -2.80. The van der Waals surface area contributed by atoms with Crippen LogP contribution in [0.3, 0.4) is 0 Å². The van der Waals surface area contributed by atoms with E-state index in [4.69, 9.17) is 0 Å². The Labute approximate surface area is 157 Å². The second-order valence-electron chi connectivity index (χ2n) is 6.93. The highest BCUT2D eigenvalue weighted by atomic mass is 19.1. The zero-order valence-electron chi connectivity index (χ0n) is 14.8. The molecule has 3 heterocycles. The number of piperidine rings is 1. The summed E-state index contributed by atoms with van der Waals surface area (Å²) in [5, 5.41) is 3.25. The molecule has 1 N–H and O–H groups in total. The van der Waals surface area contributed by atoms with Crippen molar-refractivity contribution in [1.29, 1.82) is 0 Å². The molecule has 2 fully saturated rings. The number of hydrogen-bond donors (Lipinski definition) is 1. The first-order valence-corrected chi connectivity index (χ1v) is 9.13. The van der Waals surface area contributed by atoms with Gasteiger partial charge in [-0.1, -0.05) is 18.2 Å². The molecule has 2 atom stereocenters. The number of carbonyl (C=O) groups is 2. The first-order valence-electron chi connectivity index (χ1n) is 9.13. The van der Waals surface area contributed by atoms with Gasteiger partial charge in [0.1, 0.15) is 11.9 Å². The Kier molecular flexibility index (Phi) is 4.85. The molecule has 0 radical (unpaired) electrons. The van der Waals surface area contributed by atoms with Gasteiger partial charge in [0.2, 0.25) is 5.91 Å². The maximum Gasteiger partial charge on any atom is 0.327 e. The molecular weight excluding hydrogens is 347 g/mol. The summed E-state index contributed by atoms with van der Waals surface area (Å²) >= 11 is 0. The molecule has 2 unspecified atom stereocenters. The van der Waals surface area contributed by atoms with E-state index in [1.54, 1.807) is 35.4 Å². The lowest BCUT2D eigenvalue weighted by atomic mass is 9.93. The lowest BCUT2D eigenvalue weighted by Gasteiger charge is -2.47. The minimum atomic E-state index is -0.436. The van der Waals surface area contributed by atoms with Crippen molar-refractivity contribution in [3.8, 4) is 0 Å². The van der Waals surface area contributed by atoms with Crippen LogP contribution < -0.4 is 5.32 Å². The van der Waals surface area contributed by atoms with Crippen molar-refractivity contribution in [1.82, 2.24) is 20.1 Å². The summed E-state index contributed by atoms with van der Waals surface area (Å²) in [5.74, 6) is -0.553. The number of rotatable bonds is 4. The van der Waals surface area contributed by atoms with Crippen LogP contribution in [0.15, 0.2) is 48.7 Å². The predicted octanol–water partition coefficient (Wildman–Crippen LogP) is 2.31. The zero-order chi connectivity index (χ0) is 18.8. The number of benzene rings is 1. The highest BCUT2D eigenvalue weighted by Crippen LogP contribution is 2.27. The lowest BCUT2D eigenvalue weighted by molar-refractivity contribution is -0.137. The minimum Gasteiger partial charge on any atom is -0.315 e. The first kappa shape index (κ1) is 17.6. The van der Waals surface area contributed by atoms with E-state index in [2.05, 4.69) is 10.3 Å². The number of halogens is 1. The summed E-state index contributed by atoms with van der Waals surface area (Å²) in [6.45, 7) is 1.14. The quantitative estimate of drug-likeness (QED) is 0.899. The van der Waals surface area contributed by atoms with E-state index < -0.39 is 6.04 Å². The van der Waals surface area contributed by atoms with Crippen LogP contribution in [0.2, 0.25) is 0 Å². The molecule has 2 aromatic rings. The molecular formula is C20H21FN4O2. The molecule has 7 heteroatoms. The molecule has 4 rings (SSSR count). The van der Waals surface area contributed by atoms with Gasteiger partial charge in [0.25, 0.3) is 0 Å². The highest BCUT2D eigenvalue weighted by Gasteiger charge is 2.47. The van der Waals surface area contributed by atoms with Crippen LogP contribution in [0.5, 0.6) is 0 Å². The molecule has 2 aliphatic heterocycles. The molecule has 1 aromatic heterocycles. The van der Waals surface area contributed by atoms with Gasteiger partial charge in [-0.15, -0.1) is 0 Å². The van der Waals surface area contributed by atoms with Crippen molar-refractivity contribution < 1.29 is 14.0 Å². The third-order valence-electron chi connectivity index (χ3n) is 5.12. The third kappa shape index (κ3) is 3.55. The average Bonchev–Trinajstić information content (AvgIpc) is 2.69. The summed E-state index contributed by atoms with van der Waals surface area (Å²) in [6, 6.07) is 10.6. The number of nitrogens with zero attached hydrogens (tertiary/aromatic N) is 3. The maximum absolute atomic E-state index is 13.6. The Bertz CT molecular complexity index is 845. The monoisotopic (exact) mass is 368 g/mol. The Morgan fingerprint density at radius 3 is 2.81 bits per heavy atom. The van der Waals surface area contributed by atoms with Crippen molar-refractivity contribution in [2.24, 2.45) is 0 Å². The van der Waals surface area contributed by atoms with Gasteiger partial charge in [-0.3, -0.25) is 14.7 Å². The van der Waals surface area contributed by atoms with Gasteiger partial charge in [-0.2, -0.15) is 0 Å². The van der Waals surface area contributed by atoms with Crippen LogP contribution in [-0.2, 0) is 17.9 Å². The summed E-state index contributed by atoms with van der Waals surface area (Å²) in [6.07, 6.45) is 3.28. The Balaban J connectivity index is 1.63. The van der Waals surface area contributed by atoms with E-state index in [1.807, 2.05) is 6.07 Å². The second-order valence-corrected chi connectivity index (χ2v) is 6.93. The van der Waals surface area contributed by atoms with Gasteiger partial charge in [0, 0.05) is 12.7 Å². The molecule has 3 amide bonds. The van der Waals surface area contributed by atoms with Gasteiger partial charge in [0.15, 0.2) is 0 Å². The second kappa shape index (κ2) is 7.44.